The Balaban J connectivity index is 2.31. The summed E-state index contributed by atoms with van der Waals surface area (Å²) in [5.74, 6) is -0.397. The molecule has 0 N–H and O–H groups in total. The Labute approximate surface area is 98.9 Å². The molecule has 0 aliphatic heterocycles. The van der Waals surface area contributed by atoms with E-state index in [1.54, 1.807) is 26.0 Å². The molecular formula is C15H12F2. The van der Waals surface area contributed by atoms with Crippen molar-refractivity contribution in [2.24, 2.45) is 0 Å². The average Bonchev–Trinajstić information content (AvgIpc) is 2.69. The lowest BCUT2D eigenvalue weighted by Gasteiger charge is -2.04. The van der Waals surface area contributed by atoms with Crippen LogP contribution in [0.15, 0.2) is 24.3 Å². The third kappa shape index (κ3) is 1.33. The number of hydrogen-bond donors (Lipinski definition) is 0. The molecule has 0 saturated carbocycles. The molecule has 3 rings (SSSR count). The molecule has 0 bridgehead atoms. The van der Waals surface area contributed by atoms with Crippen molar-refractivity contribution < 1.29 is 8.78 Å². The Morgan fingerprint density at radius 1 is 0.765 bits per heavy atom. The van der Waals surface area contributed by atoms with E-state index in [-0.39, 0.29) is 11.6 Å². The van der Waals surface area contributed by atoms with Gasteiger partial charge in [-0.3, -0.25) is 0 Å². The first-order chi connectivity index (χ1) is 8.09. The SMILES string of the molecule is Cc1ccc2c(c1F)Cc1c-2ccc(C)c1F. The maximum Gasteiger partial charge on any atom is 0.130 e. The van der Waals surface area contributed by atoms with E-state index in [0.717, 1.165) is 11.1 Å². The van der Waals surface area contributed by atoms with Crippen LogP contribution >= 0.6 is 0 Å². The van der Waals surface area contributed by atoms with Crippen LogP contribution in [0.2, 0.25) is 0 Å². The fourth-order valence-electron chi connectivity index (χ4n) is 2.50. The van der Waals surface area contributed by atoms with E-state index in [0.29, 0.717) is 28.7 Å². The number of rotatable bonds is 0. The summed E-state index contributed by atoms with van der Waals surface area (Å²) < 4.78 is 28.0. The predicted molar refractivity (Wildman–Crippen MR) is 64.1 cm³/mol. The molecule has 0 spiro atoms. The summed E-state index contributed by atoms with van der Waals surface area (Å²) in [6.07, 6.45) is 0.367. The molecule has 2 aromatic carbocycles. The molecule has 0 unspecified atom stereocenters. The highest BCUT2D eigenvalue weighted by Crippen LogP contribution is 2.40. The van der Waals surface area contributed by atoms with E-state index in [4.69, 9.17) is 0 Å². The number of halogens is 2. The Hall–Kier alpha value is -1.70. The van der Waals surface area contributed by atoms with Crippen LogP contribution < -0.4 is 0 Å². The second-order valence-corrected chi connectivity index (χ2v) is 4.62. The summed E-state index contributed by atoms with van der Waals surface area (Å²) in [6, 6.07) is 7.27. The van der Waals surface area contributed by atoms with Crippen LogP contribution in [0, 0.1) is 25.5 Å². The minimum absolute atomic E-state index is 0.198. The van der Waals surface area contributed by atoms with Crippen molar-refractivity contribution in [2.75, 3.05) is 0 Å². The van der Waals surface area contributed by atoms with Crippen LogP contribution in [0.3, 0.4) is 0 Å². The first-order valence-corrected chi connectivity index (χ1v) is 5.66. The fourth-order valence-corrected chi connectivity index (χ4v) is 2.50. The van der Waals surface area contributed by atoms with E-state index >= 15 is 0 Å². The molecule has 0 saturated heterocycles. The normalized spacial score (nSPS) is 12.5. The average molecular weight is 230 g/mol. The van der Waals surface area contributed by atoms with E-state index in [9.17, 15) is 8.78 Å². The molecule has 0 heterocycles. The minimum atomic E-state index is -0.198. The van der Waals surface area contributed by atoms with Gasteiger partial charge in [0.2, 0.25) is 0 Å². The van der Waals surface area contributed by atoms with Gasteiger partial charge < -0.3 is 0 Å². The molecule has 1 aliphatic rings. The molecule has 0 atom stereocenters. The molecule has 0 nitrogen and oxygen atoms in total. The minimum Gasteiger partial charge on any atom is -0.206 e. The van der Waals surface area contributed by atoms with Crippen molar-refractivity contribution in [2.45, 2.75) is 20.3 Å². The lowest BCUT2D eigenvalue weighted by atomic mass is 10.0. The molecule has 2 heteroatoms. The molecule has 1 aliphatic carbocycles. The summed E-state index contributed by atoms with van der Waals surface area (Å²) >= 11 is 0. The highest BCUT2D eigenvalue weighted by Gasteiger charge is 2.25. The standard InChI is InChI=1S/C15H12F2/c1-8-3-5-10-11-6-4-9(2)15(17)13(11)7-12(10)14(8)16/h3-6H,7H2,1-2H3. The van der Waals surface area contributed by atoms with Gasteiger partial charge in [-0.25, -0.2) is 8.78 Å². The third-order valence-corrected chi connectivity index (χ3v) is 3.52. The van der Waals surface area contributed by atoms with Gasteiger partial charge in [-0.1, -0.05) is 24.3 Å². The molecule has 2 aromatic rings. The summed E-state index contributed by atoms with van der Waals surface area (Å²) in [4.78, 5) is 0. The quantitative estimate of drug-likeness (QED) is 0.544. The van der Waals surface area contributed by atoms with Gasteiger partial charge in [0.15, 0.2) is 0 Å². The summed E-state index contributed by atoms with van der Waals surface area (Å²) in [5, 5.41) is 0. The van der Waals surface area contributed by atoms with E-state index in [2.05, 4.69) is 0 Å². The fraction of sp³-hybridized carbons (Fsp3) is 0.200. The number of hydrogen-bond acceptors (Lipinski definition) is 0. The van der Waals surface area contributed by atoms with Gasteiger partial charge in [-0.2, -0.15) is 0 Å². The second-order valence-electron chi connectivity index (χ2n) is 4.62. The van der Waals surface area contributed by atoms with Gasteiger partial charge in [0, 0.05) is 17.5 Å². The van der Waals surface area contributed by atoms with Crippen LogP contribution in [0.25, 0.3) is 11.1 Å². The lowest BCUT2D eigenvalue weighted by molar-refractivity contribution is 0.595. The van der Waals surface area contributed by atoms with E-state index in [1.807, 2.05) is 12.1 Å². The van der Waals surface area contributed by atoms with Crippen LogP contribution in [0.5, 0.6) is 0 Å². The number of aryl methyl sites for hydroxylation is 2. The van der Waals surface area contributed by atoms with Gasteiger partial charge in [0.05, 0.1) is 0 Å². The first kappa shape index (κ1) is 10.5. The Morgan fingerprint density at radius 3 is 1.59 bits per heavy atom. The zero-order valence-corrected chi connectivity index (χ0v) is 9.77. The van der Waals surface area contributed by atoms with Gasteiger partial charge in [-0.05, 0) is 36.1 Å². The molecule has 0 amide bonds. The van der Waals surface area contributed by atoms with Crippen molar-refractivity contribution in [3.8, 4) is 11.1 Å². The van der Waals surface area contributed by atoms with Crippen molar-refractivity contribution in [3.63, 3.8) is 0 Å². The predicted octanol–water partition coefficient (Wildman–Crippen LogP) is 4.15. The van der Waals surface area contributed by atoms with Crippen molar-refractivity contribution >= 4 is 0 Å². The maximum atomic E-state index is 14.0. The maximum absolute atomic E-state index is 14.0. The van der Waals surface area contributed by atoms with E-state index < -0.39 is 0 Å². The van der Waals surface area contributed by atoms with Crippen LogP contribution in [-0.2, 0) is 6.42 Å². The Kier molecular flexibility index (Phi) is 2.09. The zero-order valence-electron chi connectivity index (χ0n) is 9.77. The largest absolute Gasteiger partial charge is 0.206 e. The van der Waals surface area contributed by atoms with Crippen LogP contribution in [0.4, 0.5) is 8.78 Å². The second kappa shape index (κ2) is 3.39. The highest BCUT2D eigenvalue weighted by atomic mass is 19.1. The Bertz CT molecular complexity index is 572. The smallest absolute Gasteiger partial charge is 0.130 e. The van der Waals surface area contributed by atoms with Crippen molar-refractivity contribution in [3.05, 3.63) is 58.2 Å². The first-order valence-electron chi connectivity index (χ1n) is 5.66. The number of fused-ring (bicyclic) bond motifs is 3. The zero-order chi connectivity index (χ0) is 12.2. The molecule has 0 fully saturated rings. The van der Waals surface area contributed by atoms with Gasteiger partial charge >= 0.3 is 0 Å². The molecule has 17 heavy (non-hydrogen) atoms. The summed E-state index contributed by atoms with van der Waals surface area (Å²) in [5.41, 5.74) is 4.17. The van der Waals surface area contributed by atoms with E-state index in [1.165, 1.54) is 0 Å². The summed E-state index contributed by atoms with van der Waals surface area (Å²) in [6.45, 7) is 3.47. The van der Waals surface area contributed by atoms with Gasteiger partial charge in [0.1, 0.15) is 11.6 Å². The molecule has 86 valence electrons. The lowest BCUT2D eigenvalue weighted by Crippen LogP contribution is -1.93. The van der Waals surface area contributed by atoms with Crippen molar-refractivity contribution in [1.29, 1.82) is 0 Å². The van der Waals surface area contributed by atoms with Crippen molar-refractivity contribution in [1.82, 2.24) is 0 Å². The topological polar surface area (TPSA) is 0 Å². The molecule has 0 aromatic heterocycles. The molecular weight excluding hydrogens is 218 g/mol. The molecule has 0 radical (unpaired) electrons. The van der Waals surface area contributed by atoms with Gasteiger partial charge in [0.25, 0.3) is 0 Å². The summed E-state index contributed by atoms with van der Waals surface area (Å²) in [7, 11) is 0. The Morgan fingerprint density at radius 2 is 1.18 bits per heavy atom. The monoisotopic (exact) mass is 230 g/mol. The van der Waals surface area contributed by atoms with Crippen LogP contribution in [0.1, 0.15) is 22.3 Å². The van der Waals surface area contributed by atoms with Gasteiger partial charge in [-0.15, -0.1) is 0 Å². The van der Waals surface area contributed by atoms with Crippen LogP contribution in [-0.4, -0.2) is 0 Å². The highest BCUT2D eigenvalue weighted by molar-refractivity contribution is 5.77. The number of benzene rings is 2. The third-order valence-electron chi connectivity index (χ3n) is 3.52.